The second-order valence-corrected chi connectivity index (χ2v) is 3.60. The molecule has 2 aromatic rings. The number of pyridine rings is 1. The van der Waals surface area contributed by atoms with Crippen LogP contribution in [0.4, 0.5) is 0 Å². The molecular formula is C9H6LiN2O2S. The maximum absolute atomic E-state index is 10.6. The fourth-order valence-corrected chi connectivity index (χ4v) is 1.78. The van der Waals surface area contributed by atoms with Crippen LogP contribution in [0.25, 0.3) is 10.4 Å². The van der Waals surface area contributed by atoms with Crippen molar-refractivity contribution in [3.05, 3.63) is 35.7 Å². The topological polar surface area (TPSA) is 63.1 Å². The van der Waals surface area contributed by atoms with Crippen molar-refractivity contribution in [2.24, 2.45) is 0 Å². The van der Waals surface area contributed by atoms with Gasteiger partial charge in [-0.3, -0.25) is 4.98 Å². The minimum Gasteiger partial charge on any atom is -0.476 e. The van der Waals surface area contributed by atoms with Gasteiger partial charge in [0.2, 0.25) is 5.01 Å². The first-order valence-corrected chi connectivity index (χ1v) is 4.68. The number of carbonyl (C=O) groups is 1. The molecule has 2 rings (SSSR count). The molecule has 0 unspecified atom stereocenters. The molecule has 71 valence electrons. The Morgan fingerprint density at radius 1 is 1.33 bits per heavy atom. The first-order chi connectivity index (χ1) is 6.77. The molecule has 15 heavy (non-hydrogen) atoms. The molecule has 0 aliphatic rings. The molecule has 4 nitrogen and oxygen atoms in total. The van der Waals surface area contributed by atoms with Crippen molar-refractivity contribution in [1.29, 1.82) is 0 Å². The molecule has 0 bridgehead atoms. The number of rotatable bonds is 2. The van der Waals surface area contributed by atoms with Crippen LogP contribution >= 0.6 is 11.3 Å². The molecule has 1 N–H and O–H groups in total. The van der Waals surface area contributed by atoms with Gasteiger partial charge in [0.15, 0.2) is 0 Å². The first-order valence-electron chi connectivity index (χ1n) is 3.87. The first kappa shape index (κ1) is 11.9. The average molecular weight is 213 g/mol. The van der Waals surface area contributed by atoms with Crippen molar-refractivity contribution in [3.63, 3.8) is 0 Å². The third-order valence-electron chi connectivity index (χ3n) is 1.65. The zero-order chi connectivity index (χ0) is 9.97. The molecule has 0 saturated heterocycles. The zero-order valence-electron chi connectivity index (χ0n) is 8.04. The second-order valence-electron chi connectivity index (χ2n) is 2.57. The second kappa shape index (κ2) is 5.08. The zero-order valence-corrected chi connectivity index (χ0v) is 8.86. The van der Waals surface area contributed by atoms with E-state index in [4.69, 9.17) is 5.11 Å². The summed E-state index contributed by atoms with van der Waals surface area (Å²) in [5.41, 5.74) is 0.935. The van der Waals surface area contributed by atoms with E-state index in [1.54, 1.807) is 18.6 Å². The number of hydrogen-bond acceptors (Lipinski definition) is 4. The Kier molecular flexibility index (Phi) is 4.03. The maximum Gasteiger partial charge on any atom is 0.365 e. The minimum absolute atomic E-state index is 0. The van der Waals surface area contributed by atoms with Crippen LogP contribution in [0, 0.1) is 0 Å². The van der Waals surface area contributed by atoms with E-state index < -0.39 is 5.97 Å². The standard InChI is InChI=1S/C9H6N2O2S.Li/c12-9(13)8-11-5-7(14-8)6-1-3-10-4-2-6;/h1-5H,(H,12,13);. The van der Waals surface area contributed by atoms with Gasteiger partial charge in [-0.15, -0.1) is 11.3 Å². The van der Waals surface area contributed by atoms with Gasteiger partial charge in [-0.2, -0.15) is 0 Å². The van der Waals surface area contributed by atoms with Gasteiger partial charge >= 0.3 is 5.97 Å². The van der Waals surface area contributed by atoms with Gasteiger partial charge in [0, 0.05) is 37.5 Å². The van der Waals surface area contributed by atoms with Crippen LogP contribution in [0.15, 0.2) is 30.7 Å². The number of aromatic nitrogens is 2. The van der Waals surface area contributed by atoms with Gasteiger partial charge in [0.25, 0.3) is 0 Å². The molecule has 0 aliphatic heterocycles. The van der Waals surface area contributed by atoms with Crippen molar-refractivity contribution in [2.45, 2.75) is 0 Å². The Morgan fingerprint density at radius 3 is 2.53 bits per heavy atom. The number of aromatic carboxylic acids is 1. The summed E-state index contributed by atoms with van der Waals surface area (Å²) in [5, 5.41) is 8.79. The molecule has 0 fully saturated rings. The third kappa shape index (κ3) is 2.66. The van der Waals surface area contributed by atoms with Crippen molar-refractivity contribution < 1.29 is 9.90 Å². The van der Waals surface area contributed by atoms with Gasteiger partial charge in [0.1, 0.15) is 0 Å². The molecule has 2 heterocycles. The Bertz CT molecular complexity index is 458. The van der Waals surface area contributed by atoms with E-state index in [0.29, 0.717) is 0 Å². The maximum atomic E-state index is 10.6. The summed E-state index contributed by atoms with van der Waals surface area (Å²) in [4.78, 5) is 19.1. The summed E-state index contributed by atoms with van der Waals surface area (Å²) in [6.45, 7) is 0. The van der Waals surface area contributed by atoms with E-state index in [2.05, 4.69) is 9.97 Å². The van der Waals surface area contributed by atoms with Crippen LogP contribution in [0.3, 0.4) is 0 Å². The van der Waals surface area contributed by atoms with Gasteiger partial charge in [-0.1, -0.05) is 0 Å². The Labute approximate surface area is 102 Å². The molecule has 0 aliphatic carbocycles. The molecule has 2 aromatic heterocycles. The van der Waals surface area contributed by atoms with Crippen LogP contribution in [0.1, 0.15) is 9.80 Å². The van der Waals surface area contributed by atoms with Crippen molar-refractivity contribution in [1.82, 2.24) is 9.97 Å². The predicted octanol–water partition coefficient (Wildman–Crippen LogP) is 1.52. The van der Waals surface area contributed by atoms with E-state index in [-0.39, 0.29) is 23.9 Å². The van der Waals surface area contributed by atoms with E-state index >= 15 is 0 Å². The van der Waals surface area contributed by atoms with Crippen molar-refractivity contribution >= 4 is 36.2 Å². The van der Waals surface area contributed by atoms with Crippen LogP contribution in [0.5, 0.6) is 0 Å². The van der Waals surface area contributed by atoms with E-state index in [0.717, 1.165) is 21.8 Å². The summed E-state index contributed by atoms with van der Waals surface area (Å²) < 4.78 is 0. The number of carboxylic acids is 1. The Hall–Kier alpha value is -1.15. The fraction of sp³-hybridized carbons (Fsp3) is 0. The van der Waals surface area contributed by atoms with Gasteiger partial charge in [-0.25, -0.2) is 9.78 Å². The van der Waals surface area contributed by atoms with Gasteiger partial charge < -0.3 is 5.11 Å². The molecule has 6 heteroatoms. The van der Waals surface area contributed by atoms with Gasteiger partial charge in [0.05, 0.1) is 4.88 Å². The summed E-state index contributed by atoms with van der Waals surface area (Å²) in [7, 11) is 0. The smallest absolute Gasteiger partial charge is 0.365 e. The molecule has 0 spiro atoms. The fourth-order valence-electron chi connectivity index (χ4n) is 1.02. The summed E-state index contributed by atoms with van der Waals surface area (Å²) in [6.07, 6.45) is 4.88. The van der Waals surface area contributed by atoms with Crippen LogP contribution in [0.2, 0.25) is 0 Å². The number of nitrogens with zero attached hydrogens (tertiary/aromatic N) is 2. The monoisotopic (exact) mass is 213 g/mol. The SMILES string of the molecule is O=C(O)c1ncc(-c2ccncc2)s1.[Li]. The summed E-state index contributed by atoms with van der Waals surface area (Å²) in [5.74, 6) is -0.990. The molecule has 0 amide bonds. The molecule has 1 radical (unpaired) electrons. The molecular weight excluding hydrogens is 207 g/mol. The number of thiazole rings is 1. The number of carboxylic acid groups (broad SMARTS) is 1. The predicted molar refractivity (Wildman–Crippen MR) is 58.1 cm³/mol. The van der Waals surface area contributed by atoms with Crippen molar-refractivity contribution in [3.8, 4) is 10.4 Å². The average Bonchev–Trinajstić information content (AvgIpc) is 2.68. The van der Waals surface area contributed by atoms with E-state index in [1.165, 1.54) is 0 Å². The quantitative estimate of drug-likeness (QED) is 0.768. The normalized spacial score (nSPS) is 9.33. The summed E-state index contributed by atoms with van der Waals surface area (Å²) in [6, 6.07) is 3.64. The molecule has 0 aromatic carbocycles. The van der Waals surface area contributed by atoms with Crippen LogP contribution < -0.4 is 0 Å². The number of hydrogen-bond donors (Lipinski definition) is 1. The Morgan fingerprint density at radius 2 is 2.00 bits per heavy atom. The minimum atomic E-state index is -0.990. The van der Waals surface area contributed by atoms with Gasteiger partial charge in [-0.05, 0) is 17.7 Å². The molecule has 0 atom stereocenters. The third-order valence-corrected chi connectivity index (χ3v) is 2.69. The van der Waals surface area contributed by atoms with Crippen LogP contribution in [-0.4, -0.2) is 39.9 Å². The largest absolute Gasteiger partial charge is 0.476 e. The molecule has 0 saturated carbocycles. The van der Waals surface area contributed by atoms with E-state index in [1.807, 2.05) is 12.1 Å². The van der Waals surface area contributed by atoms with Crippen LogP contribution in [-0.2, 0) is 0 Å². The van der Waals surface area contributed by atoms with E-state index in [9.17, 15) is 4.79 Å². The van der Waals surface area contributed by atoms with Crippen molar-refractivity contribution in [2.75, 3.05) is 0 Å². The Balaban J connectivity index is 0.00000112. The summed E-state index contributed by atoms with van der Waals surface area (Å²) >= 11 is 1.16.